The van der Waals surface area contributed by atoms with E-state index in [1.165, 1.54) is 6.20 Å². The fourth-order valence-corrected chi connectivity index (χ4v) is 1.42. The van der Waals surface area contributed by atoms with Crippen molar-refractivity contribution in [1.82, 2.24) is 9.55 Å². The summed E-state index contributed by atoms with van der Waals surface area (Å²) in [5.74, 6) is -3.11. The van der Waals surface area contributed by atoms with Crippen molar-refractivity contribution in [2.75, 3.05) is 6.61 Å². The lowest BCUT2D eigenvalue weighted by Crippen LogP contribution is -2.26. The normalized spacial score (nSPS) is 11.6. The number of nitrogens with zero attached hydrogens (tertiary/aromatic N) is 2. The Balaban J connectivity index is 2.66. The van der Waals surface area contributed by atoms with E-state index in [1.54, 1.807) is 10.8 Å². The fourth-order valence-electron chi connectivity index (χ4n) is 1.42. The van der Waals surface area contributed by atoms with E-state index in [4.69, 9.17) is 10.1 Å². The number of aromatic nitrogens is 2. The summed E-state index contributed by atoms with van der Waals surface area (Å²) in [6.45, 7) is 6.23. The number of hydrogen-bond donors (Lipinski definition) is 1. The zero-order valence-corrected chi connectivity index (χ0v) is 10.5. The summed E-state index contributed by atoms with van der Waals surface area (Å²) in [7, 11) is 0. The van der Waals surface area contributed by atoms with Crippen molar-refractivity contribution in [3.05, 3.63) is 30.9 Å². The van der Waals surface area contributed by atoms with Gasteiger partial charge in [0.15, 0.2) is 12.4 Å². The van der Waals surface area contributed by atoms with E-state index in [1.807, 2.05) is 13.8 Å². The Hall–Kier alpha value is -1.72. The van der Waals surface area contributed by atoms with Crippen molar-refractivity contribution in [3.8, 4) is 0 Å². The van der Waals surface area contributed by atoms with Crippen molar-refractivity contribution in [3.63, 3.8) is 0 Å². The average Bonchev–Trinajstić information content (AvgIpc) is 2.74. The Bertz CT molecular complexity index is 427. The lowest BCUT2D eigenvalue weighted by Gasteiger charge is -2.16. The lowest BCUT2D eigenvalue weighted by atomic mass is 10.2. The monoisotopic (exact) mass is 257 g/mol. The van der Waals surface area contributed by atoms with Gasteiger partial charge in [-0.1, -0.05) is 6.08 Å². The molecule has 0 unspecified atom stereocenters. The maximum atomic E-state index is 13.2. The van der Waals surface area contributed by atoms with Crippen LogP contribution in [0.2, 0.25) is 0 Å². The predicted molar refractivity (Wildman–Crippen MR) is 65.2 cm³/mol. The van der Waals surface area contributed by atoms with Gasteiger partial charge in [-0.2, -0.15) is 0 Å². The van der Waals surface area contributed by atoms with Crippen LogP contribution >= 0.6 is 0 Å². The van der Waals surface area contributed by atoms with Crippen LogP contribution in [0.5, 0.6) is 0 Å². The molecule has 18 heavy (non-hydrogen) atoms. The van der Waals surface area contributed by atoms with E-state index in [-0.39, 0.29) is 17.8 Å². The van der Waals surface area contributed by atoms with Gasteiger partial charge in [0.1, 0.15) is 0 Å². The van der Waals surface area contributed by atoms with Gasteiger partial charge in [-0.25, -0.2) is 13.8 Å². The smallest absolute Gasteiger partial charge is 0.284 e. The number of alkyl halides is 2. The molecule has 0 spiro atoms. The van der Waals surface area contributed by atoms with Crippen molar-refractivity contribution < 1.29 is 13.5 Å². The Morgan fingerprint density at radius 1 is 1.67 bits per heavy atom. The molecular formula is C12H17F2N3O. The molecule has 1 rings (SSSR count). The van der Waals surface area contributed by atoms with Crippen LogP contribution in [0.1, 0.15) is 32.1 Å². The SMILES string of the molecule is C=CCC(F)(F)COC(=N)c1nccn1C(C)C. The molecule has 0 bridgehead atoms. The van der Waals surface area contributed by atoms with Crippen molar-refractivity contribution in [2.24, 2.45) is 0 Å². The second-order valence-electron chi connectivity index (χ2n) is 4.22. The fraction of sp³-hybridized carbons (Fsp3) is 0.500. The molecule has 1 aromatic heterocycles. The lowest BCUT2D eigenvalue weighted by molar-refractivity contribution is -0.0419. The molecule has 0 saturated heterocycles. The van der Waals surface area contributed by atoms with E-state index in [9.17, 15) is 8.78 Å². The van der Waals surface area contributed by atoms with E-state index in [2.05, 4.69) is 11.6 Å². The van der Waals surface area contributed by atoms with Crippen molar-refractivity contribution in [1.29, 1.82) is 5.41 Å². The van der Waals surface area contributed by atoms with Gasteiger partial charge in [0, 0.05) is 24.9 Å². The molecule has 0 amide bonds. The van der Waals surface area contributed by atoms with Crippen LogP contribution < -0.4 is 0 Å². The minimum atomic E-state index is -3.01. The molecule has 1 heterocycles. The first-order valence-corrected chi connectivity index (χ1v) is 5.60. The highest BCUT2D eigenvalue weighted by Crippen LogP contribution is 2.19. The van der Waals surface area contributed by atoms with Gasteiger partial charge < -0.3 is 9.30 Å². The van der Waals surface area contributed by atoms with Crippen LogP contribution in [0.25, 0.3) is 0 Å². The van der Waals surface area contributed by atoms with Crippen LogP contribution in [-0.2, 0) is 4.74 Å². The minimum Gasteiger partial charge on any atom is -0.469 e. The maximum Gasteiger partial charge on any atom is 0.284 e. The van der Waals surface area contributed by atoms with Gasteiger partial charge in [0.2, 0.25) is 0 Å². The van der Waals surface area contributed by atoms with Gasteiger partial charge >= 0.3 is 0 Å². The van der Waals surface area contributed by atoms with Crippen LogP contribution in [0.4, 0.5) is 8.78 Å². The van der Waals surface area contributed by atoms with E-state index >= 15 is 0 Å². The number of allylic oxidation sites excluding steroid dienone is 1. The molecule has 1 aromatic rings. The summed E-state index contributed by atoms with van der Waals surface area (Å²) < 4.78 is 32.8. The van der Waals surface area contributed by atoms with Crippen molar-refractivity contribution in [2.45, 2.75) is 32.2 Å². The summed E-state index contributed by atoms with van der Waals surface area (Å²) in [6.07, 6.45) is 3.84. The van der Waals surface area contributed by atoms with Gasteiger partial charge in [0.05, 0.1) is 0 Å². The van der Waals surface area contributed by atoms with E-state index in [0.29, 0.717) is 0 Å². The van der Waals surface area contributed by atoms with E-state index in [0.717, 1.165) is 6.08 Å². The zero-order chi connectivity index (χ0) is 13.8. The highest BCUT2D eigenvalue weighted by molar-refractivity contribution is 5.87. The van der Waals surface area contributed by atoms with Gasteiger partial charge in [-0.15, -0.1) is 6.58 Å². The standard InChI is InChI=1S/C12H17F2N3O/c1-4-5-12(13,14)8-18-10(15)11-16-6-7-17(11)9(2)3/h4,6-7,9,15H,1,5,8H2,2-3H3. The second kappa shape index (κ2) is 5.75. The number of nitrogens with one attached hydrogen (secondary N) is 1. The Morgan fingerprint density at radius 3 is 2.89 bits per heavy atom. The largest absolute Gasteiger partial charge is 0.469 e. The third-order valence-corrected chi connectivity index (χ3v) is 2.30. The predicted octanol–water partition coefficient (Wildman–Crippen LogP) is 3.02. The molecule has 0 fully saturated rings. The van der Waals surface area contributed by atoms with Crippen LogP contribution in [0.15, 0.2) is 25.0 Å². The quantitative estimate of drug-likeness (QED) is 0.484. The molecule has 0 aliphatic rings. The summed E-state index contributed by atoms with van der Waals surface area (Å²) in [5.41, 5.74) is 0. The van der Waals surface area contributed by atoms with Crippen LogP contribution in [-0.4, -0.2) is 28.0 Å². The summed E-state index contributed by atoms with van der Waals surface area (Å²) in [6, 6.07) is 0.0835. The Labute approximate surface area is 105 Å². The molecule has 0 radical (unpaired) electrons. The molecule has 0 aliphatic heterocycles. The van der Waals surface area contributed by atoms with Gasteiger partial charge in [-0.3, -0.25) is 5.41 Å². The third-order valence-electron chi connectivity index (χ3n) is 2.30. The van der Waals surface area contributed by atoms with Gasteiger partial charge in [0.25, 0.3) is 11.8 Å². The number of halogens is 2. The molecular weight excluding hydrogens is 240 g/mol. The first-order chi connectivity index (χ1) is 8.37. The van der Waals surface area contributed by atoms with Crippen LogP contribution in [0, 0.1) is 5.41 Å². The third kappa shape index (κ3) is 3.65. The molecule has 100 valence electrons. The average molecular weight is 257 g/mol. The van der Waals surface area contributed by atoms with E-state index < -0.39 is 19.0 Å². The number of hydrogen-bond acceptors (Lipinski definition) is 3. The van der Waals surface area contributed by atoms with Crippen molar-refractivity contribution >= 4 is 5.90 Å². The molecule has 6 heteroatoms. The maximum absolute atomic E-state index is 13.2. The molecule has 1 N–H and O–H groups in total. The molecule has 0 saturated carbocycles. The molecule has 0 aliphatic carbocycles. The first kappa shape index (κ1) is 14.3. The number of rotatable bonds is 6. The highest BCUT2D eigenvalue weighted by atomic mass is 19.3. The summed E-state index contributed by atoms with van der Waals surface area (Å²) >= 11 is 0. The summed E-state index contributed by atoms with van der Waals surface area (Å²) in [4.78, 5) is 3.93. The first-order valence-electron chi connectivity index (χ1n) is 5.60. The molecule has 0 atom stereocenters. The van der Waals surface area contributed by atoms with Gasteiger partial charge in [-0.05, 0) is 13.8 Å². The summed E-state index contributed by atoms with van der Waals surface area (Å²) in [5, 5.41) is 7.63. The number of imidazole rings is 1. The topological polar surface area (TPSA) is 50.9 Å². The Kier molecular flexibility index (Phi) is 4.58. The Morgan fingerprint density at radius 2 is 2.33 bits per heavy atom. The minimum absolute atomic E-state index is 0.0835. The number of ether oxygens (including phenoxy) is 1. The molecule has 0 aromatic carbocycles. The highest BCUT2D eigenvalue weighted by Gasteiger charge is 2.29. The van der Waals surface area contributed by atoms with Crippen LogP contribution in [0.3, 0.4) is 0 Å². The molecule has 4 nitrogen and oxygen atoms in total. The second-order valence-corrected chi connectivity index (χ2v) is 4.22. The zero-order valence-electron chi connectivity index (χ0n) is 10.5.